The van der Waals surface area contributed by atoms with Gasteiger partial charge in [-0.05, 0) is 18.9 Å². The van der Waals surface area contributed by atoms with Gasteiger partial charge in [0.2, 0.25) is 0 Å². The third kappa shape index (κ3) is 1.43. The number of nitrogens with zero attached hydrogens (tertiary/aromatic N) is 2. The molecule has 0 aromatic carbocycles. The van der Waals surface area contributed by atoms with Crippen LogP contribution < -0.4 is 5.73 Å². The van der Waals surface area contributed by atoms with E-state index in [-0.39, 0.29) is 0 Å². The molecule has 2 rings (SSSR count). The molecule has 0 saturated carbocycles. The molecule has 1 aromatic heterocycles. The molecule has 2 heterocycles. The van der Waals surface area contributed by atoms with Gasteiger partial charge in [0.05, 0.1) is 6.04 Å². The van der Waals surface area contributed by atoms with Crippen molar-refractivity contribution in [3.8, 4) is 0 Å². The molecule has 0 amide bonds. The van der Waals surface area contributed by atoms with E-state index in [1.54, 1.807) is 0 Å². The molecule has 0 radical (unpaired) electrons. The van der Waals surface area contributed by atoms with E-state index in [0.29, 0.717) is 11.9 Å². The predicted molar refractivity (Wildman–Crippen MR) is 45.7 cm³/mol. The van der Waals surface area contributed by atoms with E-state index < -0.39 is 0 Å². The Hall–Kier alpha value is -1.03. The van der Waals surface area contributed by atoms with Gasteiger partial charge in [0.15, 0.2) is 0 Å². The number of rotatable bonds is 1. The average molecular weight is 167 g/mol. The molecule has 1 fully saturated rings. The lowest BCUT2D eigenvalue weighted by Gasteiger charge is -2.22. The fraction of sp³-hybridized carbons (Fsp3) is 0.625. The van der Waals surface area contributed by atoms with Crippen LogP contribution in [0, 0.1) is 0 Å². The van der Waals surface area contributed by atoms with Gasteiger partial charge in [0, 0.05) is 19.4 Å². The molecule has 0 spiro atoms. The number of aromatic nitrogens is 2. The van der Waals surface area contributed by atoms with Gasteiger partial charge in [-0.1, -0.05) is 0 Å². The monoisotopic (exact) mass is 167 g/mol. The van der Waals surface area contributed by atoms with Crippen molar-refractivity contribution < 1.29 is 4.74 Å². The molecule has 0 atom stereocenters. The maximum Gasteiger partial charge on any atom is 0.145 e. The van der Waals surface area contributed by atoms with E-state index in [0.717, 1.165) is 26.1 Å². The van der Waals surface area contributed by atoms with Gasteiger partial charge in [0.25, 0.3) is 0 Å². The molecule has 66 valence electrons. The molecule has 2 N–H and O–H groups in total. The summed E-state index contributed by atoms with van der Waals surface area (Å²) in [5, 5.41) is 4.17. The Morgan fingerprint density at radius 2 is 2.25 bits per heavy atom. The van der Waals surface area contributed by atoms with Crippen LogP contribution in [-0.2, 0) is 4.74 Å². The summed E-state index contributed by atoms with van der Waals surface area (Å²) in [6, 6.07) is 2.31. The Kier molecular flexibility index (Phi) is 1.99. The smallest absolute Gasteiger partial charge is 0.145 e. The van der Waals surface area contributed by atoms with Crippen molar-refractivity contribution in [1.82, 2.24) is 9.78 Å². The van der Waals surface area contributed by atoms with E-state index in [1.807, 2.05) is 16.9 Å². The van der Waals surface area contributed by atoms with Crippen LogP contribution in [-0.4, -0.2) is 23.0 Å². The van der Waals surface area contributed by atoms with Crippen molar-refractivity contribution in [3.05, 3.63) is 12.3 Å². The number of hydrogen-bond acceptors (Lipinski definition) is 3. The standard InChI is InChI=1S/C8H13N3O/c9-8-1-4-11(10-8)7-2-5-12-6-3-7/h1,4,7H,2-3,5-6H2,(H2,9,10). The number of hydrogen-bond donors (Lipinski definition) is 1. The van der Waals surface area contributed by atoms with Crippen LogP contribution in [0.4, 0.5) is 5.82 Å². The van der Waals surface area contributed by atoms with Gasteiger partial charge in [-0.3, -0.25) is 4.68 Å². The highest BCUT2D eigenvalue weighted by atomic mass is 16.5. The summed E-state index contributed by atoms with van der Waals surface area (Å²) in [4.78, 5) is 0. The summed E-state index contributed by atoms with van der Waals surface area (Å²) in [6.07, 6.45) is 4.02. The molecule has 4 nitrogen and oxygen atoms in total. The Labute approximate surface area is 71.3 Å². The van der Waals surface area contributed by atoms with E-state index in [2.05, 4.69) is 5.10 Å². The minimum Gasteiger partial charge on any atom is -0.382 e. The third-order valence-electron chi connectivity index (χ3n) is 2.19. The maximum absolute atomic E-state index is 5.52. The first-order valence-electron chi connectivity index (χ1n) is 4.24. The van der Waals surface area contributed by atoms with Crippen molar-refractivity contribution in [2.75, 3.05) is 18.9 Å². The summed E-state index contributed by atoms with van der Waals surface area (Å²) in [7, 11) is 0. The lowest BCUT2D eigenvalue weighted by atomic mass is 10.1. The first-order chi connectivity index (χ1) is 5.86. The number of nitrogens with two attached hydrogens (primary N) is 1. The van der Waals surface area contributed by atoms with Crippen LogP contribution in [0.15, 0.2) is 12.3 Å². The zero-order valence-electron chi connectivity index (χ0n) is 6.94. The van der Waals surface area contributed by atoms with Crippen molar-refractivity contribution in [2.24, 2.45) is 0 Å². The van der Waals surface area contributed by atoms with Gasteiger partial charge in [-0.15, -0.1) is 0 Å². The summed E-state index contributed by atoms with van der Waals surface area (Å²) >= 11 is 0. The molecular formula is C8H13N3O. The molecule has 0 unspecified atom stereocenters. The second-order valence-electron chi connectivity index (χ2n) is 3.06. The molecule has 4 heteroatoms. The lowest BCUT2D eigenvalue weighted by molar-refractivity contribution is 0.0663. The van der Waals surface area contributed by atoms with Crippen molar-refractivity contribution in [2.45, 2.75) is 18.9 Å². The average Bonchev–Trinajstić information content (AvgIpc) is 2.54. The molecule has 1 saturated heterocycles. The Morgan fingerprint density at radius 3 is 2.83 bits per heavy atom. The fourth-order valence-electron chi connectivity index (χ4n) is 1.51. The molecule has 0 bridgehead atoms. The number of ether oxygens (including phenoxy) is 1. The van der Waals surface area contributed by atoms with E-state index in [4.69, 9.17) is 10.5 Å². The highest BCUT2D eigenvalue weighted by Crippen LogP contribution is 2.19. The first kappa shape index (κ1) is 7.61. The predicted octanol–water partition coefficient (Wildman–Crippen LogP) is 0.817. The number of anilines is 1. The molecule has 1 aromatic rings. The van der Waals surface area contributed by atoms with Crippen LogP contribution in [0.2, 0.25) is 0 Å². The SMILES string of the molecule is Nc1ccn(C2CCOCC2)n1. The zero-order valence-corrected chi connectivity index (χ0v) is 6.94. The summed E-state index contributed by atoms with van der Waals surface area (Å²) < 4.78 is 7.20. The zero-order chi connectivity index (χ0) is 8.39. The van der Waals surface area contributed by atoms with Gasteiger partial charge >= 0.3 is 0 Å². The summed E-state index contributed by atoms with van der Waals surface area (Å²) in [5.74, 6) is 0.599. The van der Waals surface area contributed by atoms with Gasteiger partial charge in [-0.2, -0.15) is 5.10 Å². The van der Waals surface area contributed by atoms with E-state index in [1.165, 1.54) is 0 Å². The molecule has 12 heavy (non-hydrogen) atoms. The summed E-state index contributed by atoms with van der Waals surface area (Å²) in [5.41, 5.74) is 5.52. The highest BCUT2D eigenvalue weighted by molar-refractivity contribution is 5.23. The molecule has 1 aliphatic rings. The maximum atomic E-state index is 5.52. The van der Waals surface area contributed by atoms with Crippen molar-refractivity contribution in [3.63, 3.8) is 0 Å². The van der Waals surface area contributed by atoms with Crippen molar-refractivity contribution in [1.29, 1.82) is 0 Å². The van der Waals surface area contributed by atoms with Crippen LogP contribution in [0.25, 0.3) is 0 Å². The van der Waals surface area contributed by atoms with Crippen LogP contribution >= 0.6 is 0 Å². The van der Waals surface area contributed by atoms with Gasteiger partial charge < -0.3 is 10.5 Å². The van der Waals surface area contributed by atoms with Gasteiger partial charge in [0.1, 0.15) is 5.82 Å². The quantitative estimate of drug-likeness (QED) is 0.673. The van der Waals surface area contributed by atoms with Crippen LogP contribution in [0.1, 0.15) is 18.9 Å². The first-order valence-corrected chi connectivity index (χ1v) is 4.24. The minimum atomic E-state index is 0.482. The lowest BCUT2D eigenvalue weighted by Crippen LogP contribution is -2.19. The Balaban J connectivity index is 2.08. The number of nitrogen functional groups attached to an aromatic ring is 1. The molecule has 0 aliphatic carbocycles. The minimum absolute atomic E-state index is 0.482. The highest BCUT2D eigenvalue weighted by Gasteiger charge is 2.15. The van der Waals surface area contributed by atoms with Crippen LogP contribution in [0.3, 0.4) is 0 Å². The second kappa shape index (κ2) is 3.15. The largest absolute Gasteiger partial charge is 0.382 e. The second-order valence-corrected chi connectivity index (χ2v) is 3.06. The molecular weight excluding hydrogens is 154 g/mol. The normalized spacial score (nSPS) is 19.7. The third-order valence-corrected chi connectivity index (χ3v) is 2.19. The van der Waals surface area contributed by atoms with Crippen LogP contribution in [0.5, 0.6) is 0 Å². The Bertz CT molecular complexity index is 253. The summed E-state index contributed by atoms with van der Waals surface area (Å²) in [6.45, 7) is 1.68. The molecule has 1 aliphatic heterocycles. The van der Waals surface area contributed by atoms with E-state index in [9.17, 15) is 0 Å². The van der Waals surface area contributed by atoms with Crippen molar-refractivity contribution >= 4 is 5.82 Å². The Morgan fingerprint density at radius 1 is 1.50 bits per heavy atom. The van der Waals surface area contributed by atoms with E-state index >= 15 is 0 Å². The fourth-order valence-corrected chi connectivity index (χ4v) is 1.51. The topological polar surface area (TPSA) is 53.1 Å². The van der Waals surface area contributed by atoms with Gasteiger partial charge in [-0.25, -0.2) is 0 Å².